The van der Waals surface area contributed by atoms with Crippen molar-refractivity contribution < 1.29 is 4.79 Å². The van der Waals surface area contributed by atoms with Crippen molar-refractivity contribution in [1.29, 1.82) is 0 Å². The zero-order valence-corrected chi connectivity index (χ0v) is 10.4. The molecule has 0 aliphatic rings. The van der Waals surface area contributed by atoms with Gasteiger partial charge in [-0.3, -0.25) is 4.79 Å². The molecule has 0 heterocycles. The first-order valence-electron chi connectivity index (χ1n) is 2.92. The highest BCUT2D eigenvalue weighted by atomic mass is 79.9. The summed E-state index contributed by atoms with van der Waals surface area (Å²) in [6.45, 7) is 0. The molecule has 0 aliphatic heterocycles. The molecule has 0 unspecified atom stereocenters. The van der Waals surface area contributed by atoms with Crippen molar-refractivity contribution in [2.45, 2.75) is 4.90 Å². The molecule has 12 heavy (non-hydrogen) atoms. The van der Waals surface area contributed by atoms with Crippen LogP contribution in [0.4, 0.5) is 4.79 Å². The summed E-state index contributed by atoms with van der Waals surface area (Å²) >= 11 is 12.8. The van der Waals surface area contributed by atoms with Crippen molar-refractivity contribution in [1.82, 2.24) is 0 Å². The standard InChI is InChI=1S/C7H3Br2ClOS/c8-4-1-2-6(5(9)3-4)12-7(10)11/h1-3H. The number of hydrogen-bond acceptors (Lipinski definition) is 2. The van der Waals surface area contributed by atoms with Crippen LogP contribution in [0.1, 0.15) is 0 Å². The van der Waals surface area contributed by atoms with Crippen molar-refractivity contribution in [2.75, 3.05) is 0 Å². The molecule has 1 rings (SSSR count). The zero-order chi connectivity index (χ0) is 9.14. The minimum Gasteiger partial charge on any atom is -0.268 e. The molecule has 0 bridgehead atoms. The quantitative estimate of drug-likeness (QED) is 0.550. The zero-order valence-electron chi connectivity index (χ0n) is 5.68. The molecule has 1 aromatic rings. The molecule has 0 atom stereocenters. The number of carbonyl (C=O) groups is 1. The van der Waals surface area contributed by atoms with Gasteiger partial charge in [-0.15, -0.1) is 0 Å². The maximum atomic E-state index is 10.5. The average Bonchev–Trinajstić information content (AvgIpc) is 1.94. The lowest BCUT2D eigenvalue weighted by Gasteiger charge is -1.99. The predicted molar refractivity (Wildman–Crippen MR) is 58.9 cm³/mol. The van der Waals surface area contributed by atoms with Crippen LogP contribution in [0.15, 0.2) is 32.0 Å². The Balaban J connectivity index is 2.93. The third-order valence-electron chi connectivity index (χ3n) is 1.08. The van der Waals surface area contributed by atoms with Gasteiger partial charge in [0.15, 0.2) is 0 Å². The summed E-state index contributed by atoms with van der Waals surface area (Å²) in [4.78, 5) is 11.4. The molecule has 0 radical (unpaired) electrons. The van der Waals surface area contributed by atoms with Gasteiger partial charge in [0.25, 0.3) is 4.57 Å². The van der Waals surface area contributed by atoms with Gasteiger partial charge in [-0.25, -0.2) is 0 Å². The van der Waals surface area contributed by atoms with Crippen LogP contribution in [-0.2, 0) is 0 Å². The minimum absolute atomic E-state index is 0.432. The first kappa shape index (κ1) is 10.6. The summed E-state index contributed by atoms with van der Waals surface area (Å²) in [6.07, 6.45) is 0. The van der Waals surface area contributed by atoms with Gasteiger partial charge in [-0.05, 0) is 57.5 Å². The van der Waals surface area contributed by atoms with Gasteiger partial charge in [-0.2, -0.15) is 0 Å². The van der Waals surface area contributed by atoms with E-state index in [4.69, 9.17) is 11.6 Å². The van der Waals surface area contributed by atoms with Crippen LogP contribution in [0.5, 0.6) is 0 Å². The van der Waals surface area contributed by atoms with Gasteiger partial charge in [-0.1, -0.05) is 15.9 Å². The molecule has 0 saturated heterocycles. The Labute approximate surface area is 96.1 Å². The van der Waals surface area contributed by atoms with Gasteiger partial charge in [0.1, 0.15) is 0 Å². The molecule has 5 heteroatoms. The number of rotatable bonds is 1. The second kappa shape index (κ2) is 4.65. The second-order valence-electron chi connectivity index (χ2n) is 1.91. The normalized spacial score (nSPS) is 9.92. The Morgan fingerprint density at radius 3 is 2.58 bits per heavy atom. The number of benzene rings is 1. The number of thioether (sulfide) groups is 1. The minimum atomic E-state index is -0.432. The van der Waals surface area contributed by atoms with Gasteiger partial charge >= 0.3 is 0 Å². The largest absolute Gasteiger partial charge is 0.284 e. The average molecular weight is 330 g/mol. The van der Waals surface area contributed by atoms with Gasteiger partial charge in [0.2, 0.25) is 0 Å². The van der Waals surface area contributed by atoms with Gasteiger partial charge in [0, 0.05) is 13.8 Å². The summed E-state index contributed by atoms with van der Waals surface area (Å²) in [7, 11) is 0. The third-order valence-corrected chi connectivity index (χ3v) is 3.46. The third kappa shape index (κ3) is 3.09. The molecule has 0 aromatic heterocycles. The van der Waals surface area contributed by atoms with Crippen LogP contribution in [-0.4, -0.2) is 4.57 Å². The molecule has 0 aliphatic carbocycles. The van der Waals surface area contributed by atoms with E-state index in [0.29, 0.717) is 0 Å². The smallest absolute Gasteiger partial charge is 0.268 e. The monoisotopic (exact) mass is 328 g/mol. The molecule has 0 saturated carbocycles. The highest BCUT2D eigenvalue weighted by Gasteiger charge is 2.04. The fourth-order valence-electron chi connectivity index (χ4n) is 0.644. The summed E-state index contributed by atoms with van der Waals surface area (Å²) in [5.74, 6) is 0. The van der Waals surface area contributed by atoms with E-state index in [2.05, 4.69) is 31.9 Å². The maximum absolute atomic E-state index is 10.5. The first-order valence-corrected chi connectivity index (χ1v) is 5.70. The summed E-state index contributed by atoms with van der Waals surface area (Å²) < 4.78 is 1.38. The molecule has 0 N–H and O–H groups in total. The van der Waals surface area contributed by atoms with Crippen molar-refractivity contribution in [3.8, 4) is 0 Å². The van der Waals surface area contributed by atoms with Gasteiger partial charge in [0.05, 0.1) is 0 Å². The number of hydrogen-bond donors (Lipinski definition) is 0. The maximum Gasteiger partial charge on any atom is 0.284 e. The SMILES string of the molecule is O=C(Cl)Sc1ccc(Br)cc1Br. The van der Waals surface area contributed by atoms with Crippen molar-refractivity contribution >= 4 is 59.8 Å². The Morgan fingerprint density at radius 2 is 2.08 bits per heavy atom. The van der Waals surface area contributed by atoms with Crippen molar-refractivity contribution in [3.05, 3.63) is 27.1 Å². The van der Waals surface area contributed by atoms with Crippen LogP contribution >= 0.6 is 55.2 Å². The van der Waals surface area contributed by atoms with E-state index >= 15 is 0 Å². The van der Waals surface area contributed by atoms with Crippen LogP contribution < -0.4 is 0 Å². The summed E-state index contributed by atoms with van der Waals surface area (Å²) in [5.41, 5.74) is 0. The van der Waals surface area contributed by atoms with E-state index in [-0.39, 0.29) is 0 Å². The summed E-state index contributed by atoms with van der Waals surface area (Å²) in [6, 6.07) is 5.54. The lowest BCUT2D eigenvalue weighted by Crippen LogP contribution is -1.77. The lowest BCUT2D eigenvalue weighted by atomic mass is 10.4. The molecular weight excluding hydrogens is 327 g/mol. The Hall–Kier alpha value is 0.490. The lowest BCUT2D eigenvalue weighted by molar-refractivity contribution is 0.276. The Kier molecular flexibility index (Phi) is 4.10. The van der Waals surface area contributed by atoms with E-state index in [1.807, 2.05) is 18.2 Å². The van der Waals surface area contributed by atoms with E-state index in [1.54, 1.807) is 0 Å². The summed E-state index contributed by atoms with van der Waals surface area (Å²) in [5, 5.41) is 0. The molecule has 0 spiro atoms. The number of halogens is 3. The van der Waals surface area contributed by atoms with Crippen LogP contribution in [0.25, 0.3) is 0 Å². The first-order chi connectivity index (χ1) is 5.59. The van der Waals surface area contributed by atoms with E-state index in [0.717, 1.165) is 25.6 Å². The molecule has 0 fully saturated rings. The molecule has 1 nitrogen and oxygen atoms in total. The molecular formula is C7H3Br2ClOS. The van der Waals surface area contributed by atoms with Crippen molar-refractivity contribution in [2.24, 2.45) is 0 Å². The van der Waals surface area contributed by atoms with E-state index in [1.165, 1.54) is 0 Å². The molecule has 1 aromatic carbocycles. The topological polar surface area (TPSA) is 17.1 Å². The number of carbonyl (C=O) groups excluding carboxylic acids is 1. The van der Waals surface area contributed by atoms with Crippen molar-refractivity contribution in [3.63, 3.8) is 0 Å². The van der Waals surface area contributed by atoms with Crippen LogP contribution in [0.3, 0.4) is 0 Å². The van der Waals surface area contributed by atoms with E-state index < -0.39 is 4.57 Å². The van der Waals surface area contributed by atoms with Gasteiger partial charge < -0.3 is 0 Å². The molecule has 0 amide bonds. The Bertz CT molecular complexity index is 316. The van der Waals surface area contributed by atoms with Crippen LogP contribution in [0.2, 0.25) is 0 Å². The predicted octanol–water partition coefficient (Wildman–Crippen LogP) is 4.66. The second-order valence-corrected chi connectivity index (χ2v) is 5.27. The fraction of sp³-hybridized carbons (Fsp3) is 0. The highest BCUT2D eigenvalue weighted by Crippen LogP contribution is 2.31. The Morgan fingerprint density at radius 1 is 1.42 bits per heavy atom. The highest BCUT2D eigenvalue weighted by molar-refractivity contribution is 9.11. The molecule has 64 valence electrons. The van der Waals surface area contributed by atoms with Crippen LogP contribution in [0, 0.1) is 0 Å². The van der Waals surface area contributed by atoms with E-state index in [9.17, 15) is 4.79 Å². The fourth-order valence-corrected chi connectivity index (χ4v) is 2.65.